The molecule has 0 radical (unpaired) electrons. The highest BCUT2D eigenvalue weighted by Gasteiger charge is 2.16. The summed E-state index contributed by atoms with van der Waals surface area (Å²) in [6.45, 7) is 4.02. The molecule has 3 amide bonds. The van der Waals surface area contributed by atoms with Crippen molar-refractivity contribution in [3.8, 4) is 5.75 Å². The molecular formula is C18H21N3O3. The van der Waals surface area contributed by atoms with Crippen LogP contribution in [0.4, 0.5) is 10.5 Å². The molecule has 2 aromatic carbocycles. The number of ether oxygens (including phenoxy) is 1. The number of carbonyl (C=O) groups is 2. The van der Waals surface area contributed by atoms with Gasteiger partial charge in [-0.3, -0.25) is 10.1 Å². The topological polar surface area (TPSA) is 93.5 Å². The molecule has 0 saturated heterocycles. The highest BCUT2D eigenvalue weighted by molar-refractivity contribution is 5.97. The van der Waals surface area contributed by atoms with Crippen molar-refractivity contribution >= 4 is 17.6 Å². The van der Waals surface area contributed by atoms with Gasteiger partial charge in [0.05, 0.1) is 5.69 Å². The predicted molar refractivity (Wildman–Crippen MR) is 92.8 cm³/mol. The average molecular weight is 327 g/mol. The Hall–Kier alpha value is -3.02. The number of hydrogen-bond donors (Lipinski definition) is 3. The number of primary amides is 1. The molecular weight excluding hydrogens is 306 g/mol. The number of nitrogens with one attached hydrogen (secondary N) is 2. The van der Waals surface area contributed by atoms with Crippen LogP contribution in [0.2, 0.25) is 0 Å². The summed E-state index contributed by atoms with van der Waals surface area (Å²) in [4.78, 5) is 22.6. The van der Waals surface area contributed by atoms with Gasteiger partial charge in [-0.15, -0.1) is 0 Å². The lowest BCUT2D eigenvalue weighted by molar-refractivity contribution is -0.120. The molecule has 0 bridgehead atoms. The van der Waals surface area contributed by atoms with E-state index in [9.17, 15) is 9.59 Å². The van der Waals surface area contributed by atoms with Crippen molar-refractivity contribution in [1.82, 2.24) is 5.32 Å². The van der Waals surface area contributed by atoms with Crippen molar-refractivity contribution in [3.05, 3.63) is 59.7 Å². The number of urea groups is 1. The van der Waals surface area contributed by atoms with Gasteiger partial charge in [-0.1, -0.05) is 36.4 Å². The van der Waals surface area contributed by atoms with Gasteiger partial charge in [-0.2, -0.15) is 0 Å². The third kappa shape index (κ3) is 5.01. The monoisotopic (exact) mass is 327 g/mol. The molecule has 0 aliphatic heterocycles. The van der Waals surface area contributed by atoms with Crippen LogP contribution in [0.5, 0.6) is 5.75 Å². The van der Waals surface area contributed by atoms with E-state index >= 15 is 0 Å². The SMILES string of the molecule is Cc1ccc(NC(C)C(=O)NC(N)=O)c(OCc2ccccc2)c1. The molecule has 0 heterocycles. The number of carbonyl (C=O) groups excluding carboxylic acids is 2. The molecule has 1 unspecified atom stereocenters. The maximum absolute atomic E-state index is 11.8. The number of nitrogens with two attached hydrogens (primary N) is 1. The van der Waals surface area contributed by atoms with E-state index in [1.165, 1.54) is 0 Å². The largest absolute Gasteiger partial charge is 0.487 e. The fourth-order valence-corrected chi connectivity index (χ4v) is 2.13. The Morgan fingerprint density at radius 1 is 1.17 bits per heavy atom. The van der Waals surface area contributed by atoms with Gasteiger partial charge in [0.2, 0.25) is 5.91 Å². The molecule has 4 N–H and O–H groups in total. The van der Waals surface area contributed by atoms with Crippen LogP contribution in [0.3, 0.4) is 0 Å². The molecule has 126 valence electrons. The quantitative estimate of drug-likeness (QED) is 0.760. The van der Waals surface area contributed by atoms with Crippen LogP contribution >= 0.6 is 0 Å². The molecule has 0 fully saturated rings. The van der Waals surface area contributed by atoms with Gasteiger partial charge < -0.3 is 15.8 Å². The minimum atomic E-state index is -0.877. The highest BCUT2D eigenvalue weighted by atomic mass is 16.5. The van der Waals surface area contributed by atoms with Crippen molar-refractivity contribution in [2.24, 2.45) is 5.73 Å². The maximum atomic E-state index is 11.8. The average Bonchev–Trinajstić information content (AvgIpc) is 2.55. The van der Waals surface area contributed by atoms with E-state index in [1.54, 1.807) is 6.92 Å². The van der Waals surface area contributed by atoms with Gasteiger partial charge in [0.1, 0.15) is 18.4 Å². The number of hydrogen-bond acceptors (Lipinski definition) is 4. The Balaban J connectivity index is 2.09. The first kappa shape index (κ1) is 17.3. The predicted octanol–water partition coefficient (Wildman–Crippen LogP) is 2.57. The van der Waals surface area contributed by atoms with Gasteiger partial charge >= 0.3 is 6.03 Å². The van der Waals surface area contributed by atoms with Crippen molar-refractivity contribution in [1.29, 1.82) is 0 Å². The van der Waals surface area contributed by atoms with Gasteiger partial charge in [-0.25, -0.2) is 4.79 Å². The van der Waals surface area contributed by atoms with Crippen LogP contribution in [0.15, 0.2) is 48.5 Å². The van der Waals surface area contributed by atoms with E-state index in [4.69, 9.17) is 10.5 Å². The smallest absolute Gasteiger partial charge is 0.318 e. The zero-order chi connectivity index (χ0) is 17.5. The lowest BCUT2D eigenvalue weighted by Gasteiger charge is -2.18. The zero-order valence-electron chi connectivity index (χ0n) is 13.7. The minimum absolute atomic E-state index is 0.417. The van der Waals surface area contributed by atoms with Crippen molar-refractivity contribution in [2.45, 2.75) is 26.5 Å². The van der Waals surface area contributed by atoms with Crippen LogP contribution < -0.4 is 21.1 Å². The summed E-state index contributed by atoms with van der Waals surface area (Å²) in [5.74, 6) is 0.134. The third-order valence-electron chi connectivity index (χ3n) is 3.39. The second-order valence-electron chi connectivity index (χ2n) is 5.49. The normalized spacial score (nSPS) is 11.4. The van der Waals surface area contributed by atoms with Crippen molar-refractivity contribution in [2.75, 3.05) is 5.32 Å². The van der Waals surface area contributed by atoms with Gasteiger partial charge in [-0.05, 0) is 37.1 Å². The van der Waals surface area contributed by atoms with E-state index in [0.29, 0.717) is 18.0 Å². The summed E-state index contributed by atoms with van der Waals surface area (Å²) in [6, 6.07) is 13.9. The number of aryl methyl sites for hydroxylation is 1. The third-order valence-corrected chi connectivity index (χ3v) is 3.39. The van der Waals surface area contributed by atoms with Crippen LogP contribution in [-0.2, 0) is 11.4 Å². The second kappa shape index (κ2) is 8.01. The fraction of sp³-hybridized carbons (Fsp3) is 0.222. The van der Waals surface area contributed by atoms with Gasteiger partial charge in [0.25, 0.3) is 0 Å². The first-order chi connectivity index (χ1) is 11.5. The van der Waals surface area contributed by atoms with E-state index in [0.717, 1.165) is 11.1 Å². The Kier molecular flexibility index (Phi) is 5.78. The summed E-state index contributed by atoms with van der Waals surface area (Å²) in [7, 11) is 0. The number of amides is 3. The van der Waals surface area contributed by atoms with Crippen molar-refractivity contribution in [3.63, 3.8) is 0 Å². The van der Waals surface area contributed by atoms with E-state index in [2.05, 4.69) is 5.32 Å². The number of anilines is 1. The second-order valence-corrected chi connectivity index (χ2v) is 5.49. The Morgan fingerprint density at radius 3 is 2.54 bits per heavy atom. The molecule has 2 aromatic rings. The van der Waals surface area contributed by atoms with Crippen LogP contribution in [0, 0.1) is 6.92 Å². The fourth-order valence-electron chi connectivity index (χ4n) is 2.13. The molecule has 24 heavy (non-hydrogen) atoms. The van der Waals surface area contributed by atoms with Crippen molar-refractivity contribution < 1.29 is 14.3 Å². The summed E-state index contributed by atoms with van der Waals surface area (Å²) in [5.41, 5.74) is 7.72. The molecule has 2 rings (SSSR count). The van der Waals surface area contributed by atoms with Gasteiger partial charge in [0, 0.05) is 0 Å². The molecule has 0 spiro atoms. The summed E-state index contributed by atoms with van der Waals surface area (Å²) < 4.78 is 5.88. The molecule has 0 aliphatic rings. The molecule has 0 saturated carbocycles. The Bertz CT molecular complexity index is 717. The van der Waals surface area contributed by atoms with Crippen LogP contribution in [0.1, 0.15) is 18.1 Å². The summed E-state index contributed by atoms with van der Waals surface area (Å²) in [5, 5.41) is 5.08. The van der Waals surface area contributed by atoms with Crippen LogP contribution in [-0.4, -0.2) is 18.0 Å². The number of rotatable bonds is 6. The first-order valence-corrected chi connectivity index (χ1v) is 7.60. The van der Waals surface area contributed by atoms with Crippen LogP contribution in [0.25, 0.3) is 0 Å². The number of imide groups is 1. The minimum Gasteiger partial charge on any atom is -0.487 e. The number of benzene rings is 2. The molecule has 0 aliphatic carbocycles. The van der Waals surface area contributed by atoms with E-state index in [1.807, 2.05) is 60.8 Å². The lowest BCUT2D eigenvalue weighted by Crippen LogP contribution is -2.43. The lowest BCUT2D eigenvalue weighted by atomic mass is 10.2. The first-order valence-electron chi connectivity index (χ1n) is 7.60. The van der Waals surface area contributed by atoms with E-state index in [-0.39, 0.29) is 0 Å². The molecule has 6 heteroatoms. The summed E-state index contributed by atoms with van der Waals surface area (Å²) in [6.07, 6.45) is 0. The summed E-state index contributed by atoms with van der Waals surface area (Å²) >= 11 is 0. The van der Waals surface area contributed by atoms with Gasteiger partial charge in [0.15, 0.2) is 0 Å². The maximum Gasteiger partial charge on any atom is 0.318 e. The zero-order valence-corrected chi connectivity index (χ0v) is 13.7. The Morgan fingerprint density at radius 2 is 1.88 bits per heavy atom. The molecule has 1 atom stereocenters. The highest BCUT2D eigenvalue weighted by Crippen LogP contribution is 2.27. The standard InChI is InChI=1S/C18H21N3O3/c1-12-8-9-15(20-13(2)17(22)21-18(19)23)16(10-12)24-11-14-6-4-3-5-7-14/h3-10,13,20H,11H2,1-2H3,(H3,19,21,22,23). The molecule has 6 nitrogen and oxygen atoms in total. The Labute approximate surface area is 141 Å². The molecule has 0 aromatic heterocycles. The van der Waals surface area contributed by atoms with E-state index < -0.39 is 18.0 Å².